The molecule has 39 heavy (non-hydrogen) atoms. The van der Waals surface area contributed by atoms with E-state index >= 15 is 0 Å². The molecule has 5 aromatic rings. The van der Waals surface area contributed by atoms with Crippen molar-refractivity contribution in [1.29, 1.82) is 0 Å². The molecule has 2 aliphatic rings. The van der Waals surface area contributed by atoms with Crippen molar-refractivity contribution in [2.24, 2.45) is 5.92 Å². The third-order valence-corrected chi connectivity index (χ3v) is 8.45. The normalized spacial score (nSPS) is 17.1. The van der Waals surface area contributed by atoms with Gasteiger partial charge in [0, 0.05) is 30.4 Å². The molecule has 2 aromatic carbocycles. The van der Waals surface area contributed by atoms with Crippen LogP contribution in [0.4, 0.5) is 11.4 Å². The van der Waals surface area contributed by atoms with Gasteiger partial charge in [0.25, 0.3) is 5.56 Å². The lowest BCUT2D eigenvalue weighted by Crippen LogP contribution is -2.50. The highest BCUT2D eigenvalue weighted by atomic mass is 32.1. The molecule has 1 saturated carbocycles. The van der Waals surface area contributed by atoms with Crippen molar-refractivity contribution in [3.05, 3.63) is 70.9 Å². The number of aromatic nitrogens is 5. The van der Waals surface area contributed by atoms with Crippen molar-refractivity contribution in [2.75, 3.05) is 18.4 Å². The highest BCUT2D eigenvalue weighted by Crippen LogP contribution is 2.33. The summed E-state index contributed by atoms with van der Waals surface area (Å²) in [6.45, 7) is 1.15. The first kappa shape index (κ1) is 24.0. The first-order valence-electron chi connectivity index (χ1n) is 13.1. The first-order valence-corrected chi connectivity index (χ1v) is 14.0. The molecule has 2 N–H and O–H groups in total. The Morgan fingerprint density at radius 1 is 1.10 bits per heavy atom. The van der Waals surface area contributed by atoms with Crippen LogP contribution in [0.5, 0.6) is 0 Å². The number of hydrogen-bond acceptors (Lipinski definition) is 8. The fraction of sp³-hybridized carbons (Fsp3) is 0.321. The summed E-state index contributed by atoms with van der Waals surface area (Å²) in [5, 5.41) is 19.5. The van der Waals surface area contributed by atoms with Crippen molar-refractivity contribution in [1.82, 2.24) is 29.2 Å². The second-order valence-corrected chi connectivity index (χ2v) is 11.4. The average Bonchev–Trinajstić information content (AvgIpc) is 3.53. The Labute approximate surface area is 227 Å². The maximum atomic E-state index is 13.3. The Hall–Kier alpha value is -4.09. The van der Waals surface area contributed by atoms with Crippen LogP contribution >= 0.6 is 11.3 Å². The number of carbonyl (C=O) groups is 1. The smallest absolute Gasteiger partial charge is 0.264 e. The van der Waals surface area contributed by atoms with Crippen molar-refractivity contribution in [3.8, 4) is 5.69 Å². The Kier molecular flexibility index (Phi) is 5.71. The van der Waals surface area contributed by atoms with Gasteiger partial charge in [-0.1, -0.05) is 6.07 Å². The largest absolute Gasteiger partial charge is 0.388 e. The van der Waals surface area contributed by atoms with Crippen molar-refractivity contribution < 1.29 is 9.90 Å². The third kappa shape index (κ3) is 4.57. The van der Waals surface area contributed by atoms with Crippen LogP contribution in [-0.4, -0.2) is 58.9 Å². The fourth-order valence-corrected chi connectivity index (χ4v) is 5.99. The number of anilines is 2. The predicted octanol–water partition coefficient (Wildman–Crippen LogP) is 3.70. The van der Waals surface area contributed by atoms with E-state index in [0.717, 1.165) is 40.1 Å². The van der Waals surface area contributed by atoms with E-state index in [1.165, 1.54) is 17.1 Å². The number of piperidine rings is 1. The summed E-state index contributed by atoms with van der Waals surface area (Å²) in [5.74, 6) is 0.372. The van der Waals surface area contributed by atoms with Crippen LogP contribution in [0.3, 0.4) is 0 Å². The second-order valence-electron chi connectivity index (χ2n) is 10.5. The van der Waals surface area contributed by atoms with Crippen molar-refractivity contribution in [3.63, 3.8) is 0 Å². The van der Waals surface area contributed by atoms with E-state index in [2.05, 4.69) is 26.4 Å². The summed E-state index contributed by atoms with van der Waals surface area (Å²) in [6, 6.07) is 13.8. The monoisotopic (exact) mass is 541 g/mol. The zero-order valence-electron chi connectivity index (χ0n) is 21.2. The van der Waals surface area contributed by atoms with E-state index in [0.29, 0.717) is 37.0 Å². The lowest BCUT2D eigenvalue weighted by Gasteiger charge is -2.38. The molecule has 0 radical (unpaired) electrons. The summed E-state index contributed by atoms with van der Waals surface area (Å²) >= 11 is 1.60. The topological polar surface area (TPSA) is 118 Å². The summed E-state index contributed by atoms with van der Waals surface area (Å²) in [5.41, 5.74) is 4.56. The van der Waals surface area contributed by atoms with E-state index in [1.807, 2.05) is 46.8 Å². The predicted molar refractivity (Wildman–Crippen MR) is 150 cm³/mol. The molecule has 0 bridgehead atoms. The minimum absolute atomic E-state index is 0.134. The Balaban J connectivity index is 1.10. The number of nitrogens with zero attached hydrogens (tertiary/aromatic N) is 6. The molecule has 1 amide bonds. The van der Waals surface area contributed by atoms with Crippen LogP contribution in [0.25, 0.3) is 26.9 Å². The van der Waals surface area contributed by atoms with E-state index in [1.54, 1.807) is 16.0 Å². The molecule has 0 atom stereocenters. The van der Waals surface area contributed by atoms with Crippen molar-refractivity contribution in [2.45, 2.75) is 37.8 Å². The molecular formula is C28H27N7O3S. The quantitative estimate of drug-likeness (QED) is 0.337. The molecule has 0 spiro atoms. The molecular weight excluding hydrogens is 514 g/mol. The highest BCUT2D eigenvalue weighted by molar-refractivity contribution is 7.16. The molecule has 11 heteroatoms. The van der Waals surface area contributed by atoms with Gasteiger partial charge in [-0.3, -0.25) is 14.2 Å². The number of thiazole rings is 1. The molecule has 3 aromatic heterocycles. The van der Waals surface area contributed by atoms with Gasteiger partial charge in [0.1, 0.15) is 11.7 Å². The molecule has 1 aliphatic carbocycles. The molecule has 1 aliphatic heterocycles. The van der Waals surface area contributed by atoms with Gasteiger partial charge in [0.15, 0.2) is 5.65 Å². The molecule has 1 saturated heterocycles. The lowest BCUT2D eigenvalue weighted by molar-refractivity contribution is -0.137. The first-order chi connectivity index (χ1) is 19.0. The van der Waals surface area contributed by atoms with E-state index in [-0.39, 0.29) is 23.9 Å². The fourth-order valence-electron chi connectivity index (χ4n) is 5.27. The van der Waals surface area contributed by atoms with Crippen LogP contribution in [-0.2, 0) is 11.3 Å². The molecule has 10 nitrogen and oxygen atoms in total. The summed E-state index contributed by atoms with van der Waals surface area (Å²) in [4.78, 5) is 36.4. The maximum Gasteiger partial charge on any atom is 0.264 e. The van der Waals surface area contributed by atoms with Gasteiger partial charge in [0.05, 0.1) is 39.8 Å². The molecule has 7 rings (SSSR count). The Morgan fingerprint density at radius 3 is 2.74 bits per heavy atom. The summed E-state index contributed by atoms with van der Waals surface area (Å²) in [7, 11) is 0. The average molecular weight is 542 g/mol. The van der Waals surface area contributed by atoms with Crippen molar-refractivity contribution >= 4 is 49.9 Å². The van der Waals surface area contributed by atoms with Crippen LogP contribution in [0.15, 0.2) is 65.3 Å². The lowest BCUT2D eigenvalue weighted by atomic mass is 9.91. The Morgan fingerprint density at radius 2 is 1.92 bits per heavy atom. The van der Waals surface area contributed by atoms with Gasteiger partial charge in [-0.05, 0) is 62.1 Å². The number of amides is 1. The van der Waals surface area contributed by atoms with E-state index in [9.17, 15) is 14.7 Å². The van der Waals surface area contributed by atoms with Crippen LogP contribution in [0, 0.1) is 5.92 Å². The van der Waals surface area contributed by atoms with Gasteiger partial charge >= 0.3 is 0 Å². The SMILES string of the molecule is O=C(C1CC1)N1CCC(O)(Cn2cnc3c(cnn3-c3cccc(Nc4ccc5ncsc5c4)c3)c2=O)CC1. The highest BCUT2D eigenvalue weighted by Gasteiger charge is 2.39. The molecule has 2 fully saturated rings. The zero-order chi connectivity index (χ0) is 26.6. The van der Waals surface area contributed by atoms with E-state index in [4.69, 9.17) is 0 Å². The number of hydrogen-bond donors (Lipinski definition) is 2. The van der Waals surface area contributed by atoms with Gasteiger partial charge in [0.2, 0.25) is 5.91 Å². The molecule has 198 valence electrons. The van der Waals surface area contributed by atoms with E-state index < -0.39 is 5.60 Å². The van der Waals surface area contributed by atoms with Crippen LogP contribution < -0.4 is 10.9 Å². The number of benzene rings is 2. The molecule has 0 unspecified atom stereocenters. The van der Waals surface area contributed by atoms with Gasteiger partial charge in [-0.2, -0.15) is 5.10 Å². The number of likely N-dealkylation sites (tertiary alicyclic amines) is 1. The summed E-state index contributed by atoms with van der Waals surface area (Å²) in [6.07, 6.45) is 5.82. The minimum atomic E-state index is -1.06. The maximum absolute atomic E-state index is 13.3. The number of fused-ring (bicyclic) bond motifs is 2. The van der Waals surface area contributed by atoms with Crippen LogP contribution in [0.2, 0.25) is 0 Å². The minimum Gasteiger partial charge on any atom is -0.388 e. The van der Waals surface area contributed by atoms with Gasteiger partial charge < -0.3 is 15.3 Å². The Bertz CT molecular complexity index is 1760. The van der Waals surface area contributed by atoms with Crippen LogP contribution in [0.1, 0.15) is 25.7 Å². The zero-order valence-corrected chi connectivity index (χ0v) is 22.0. The molecule has 4 heterocycles. The number of aliphatic hydroxyl groups is 1. The number of carbonyl (C=O) groups excluding carboxylic acids is 1. The van der Waals surface area contributed by atoms with Gasteiger partial charge in [-0.25, -0.2) is 14.6 Å². The number of nitrogens with one attached hydrogen (secondary N) is 1. The second kappa shape index (κ2) is 9.28. The standard InChI is InChI=1S/C28H27N7O3S/c36-26(18-4-5-18)33-10-8-28(38,9-11-33)15-34-16-29-25-22(27(34)37)14-31-35(25)21-3-1-2-19(12-21)32-20-6-7-23-24(13-20)39-17-30-23/h1-3,6-7,12-14,16-18,32,38H,4-5,8-11,15H2. The number of rotatable bonds is 6. The third-order valence-electron chi connectivity index (χ3n) is 7.66. The van der Waals surface area contributed by atoms with Gasteiger partial charge in [-0.15, -0.1) is 11.3 Å². The summed E-state index contributed by atoms with van der Waals surface area (Å²) < 4.78 is 4.21.